The van der Waals surface area contributed by atoms with Crippen molar-refractivity contribution in [3.05, 3.63) is 0 Å². The summed E-state index contributed by atoms with van der Waals surface area (Å²) in [5, 5.41) is 9.19. The summed E-state index contributed by atoms with van der Waals surface area (Å²) in [6.07, 6.45) is 6.22. The number of ether oxygens (including phenoxy) is 1. The molecule has 1 aliphatic heterocycles. The van der Waals surface area contributed by atoms with E-state index in [0.717, 1.165) is 6.42 Å². The zero-order valence-electron chi connectivity index (χ0n) is 8.68. The van der Waals surface area contributed by atoms with E-state index >= 15 is 0 Å². The van der Waals surface area contributed by atoms with E-state index in [1.807, 2.05) is 0 Å². The first kappa shape index (κ1) is 9.47. The summed E-state index contributed by atoms with van der Waals surface area (Å²) in [6, 6.07) is 0. The van der Waals surface area contributed by atoms with Gasteiger partial charge in [0.1, 0.15) is 0 Å². The maximum atomic E-state index is 9.19. The Hall–Kier alpha value is -0.0800. The second-order valence-corrected chi connectivity index (χ2v) is 5.40. The van der Waals surface area contributed by atoms with Gasteiger partial charge in [0.2, 0.25) is 0 Å². The van der Waals surface area contributed by atoms with Crippen LogP contribution < -0.4 is 0 Å². The molecule has 13 heavy (non-hydrogen) atoms. The number of aliphatic hydroxyl groups excluding tert-OH is 1. The molecule has 2 fully saturated rings. The van der Waals surface area contributed by atoms with E-state index in [2.05, 4.69) is 13.8 Å². The van der Waals surface area contributed by atoms with Gasteiger partial charge in [0.25, 0.3) is 0 Å². The van der Waals surface area contributed by atoms with Crippen LogP contribution in [0.1, 0.15) is 46.0 Å². The van der Waals surface area contributed by atoms with Crippen LogP contribution in [-0.2, 0) is 4.74 Å². The first-order valence-corrected chi connectivity index (χ1v) is 5.34. The van der Waals surface area contributed by atoms with Crippen LogP contribution in [0, 0.1) is 5.41 Å². The summed E-state index contributed by atoms with van der Waals surface area (Å²) in [7, 11) is 0. The summed E-state index contributed by atoms with van der Waals surface area (Å²) < 4.78 is 5.92. The van der Waals surface area contributed by atoms with Gasteiger partial charge in [0.15, 0.2) is 0 Å². The highest BCUT2D eigenvalue weighted by Gasteiger charge is 2.46. The summed E-state index contributed by atoms with van der Waals surface area (Å²) >= 11 is 0. The highest BCUT2D eigenvalue weighted by Crippen LogP contribution is 2.51. The van der Waals surface area contributed by atoms with E-state index in [9.17, 15) is 5.11 Å². The van der Waals surface area contributed by atoms with Crippen molar-refractivity contribution in [2.75, 3.05) is 6.61 Å². The van der Waals surface area contributed by atoms with Gasteiger partial charge in [0.05, 0.1) is 11.7 Å². The topological polar surface area (TPSA) is 29.5 Å². The molecule has 2 heteroatoms. The minimum absolute atomic E-state index is 0.0796. The fraction of sp³-hybridized carbons (Fsp3) is 1.00. The molecule has 2 rings (SSSR count). The van der Waals surface area contributed by atoms with Crippen LogP contribution in [0.5, 0.6) is 0 Å². The van der Waals surface area contributed by atoms with Gasteiger partial charge in [-0.05, 0) is 51.4 Å². The summed E-state index contributed by atoms with van der Waals surface area (Å²) in [6.45, 7) is 4.67. The Bertz CT molecular complexity index is 194. The fourth-order valence-electron chi connectivity index (χ4n) is 2.31. The van der Waals surface area contributed by atoms with E-state index in [4.69, 9.17) is 4.74 Å². The number of rotatable bonds is 3. The fourth-order valence-corrected chi connectivity index (χ4v) is 2.31. The zero-order chi connectivity index (χ0) is 9.53. The van der Waals surface area contributed by atoms with Crippen LogP contribution in [0.25, 0.3) is 0 Å². The Labute approximate surface area is 80.3 Å². The molecule has 2 aliphatic rings. The van der Waals surface area contributed by atoms with Crippen LogP contribution in [-0.4, -0.2) is 23.4 Å². The van der Waals surface area contributed by atoms with Crippen molar-refractivity contribution < 1.29 is 9.84 Å². The lowest BCUT2D eigenvalue weighted by Crippen LogP contribution is -2.23. The largest absolute Gasteiger partial charge is 0.396 e. The third kappa shape index (κ3) is 2.05. The molecule has 0 radical (unpaired) electrons. The lowest BCUT2D eigenvalue weighted by molar-refractivity contribution is -0.0302. The standard InChI is InChI=1S/C11H20O2/c1-10(2)4-3-9(13-10)7-11(8-12)5-6-11/h9,12H,3-8H2,1-2H3. The first-order chi connectivity index (χ1) is 6.05. The smallest absolute Gasteiger partial charge is 0.0631 e. The second kappa shape index (κ2) is 2.96. The Balaban J connectivity index is 1.84. The third-order valence-corrected chi connectivity index (χ3v) is 3.51. The predicted molar refractivity (Wildman–Crippen MR) is 51.6 cm³/mol. The van der Waals surface area contributed by atoms with Crippen molar-refractivity contribution in [2.24, 2.45) is 5.41 Å². The van der Waals surface area contributed by atoms with Gasteiger partial charge in [-0.25, -0.2) is 0 Å². The predicted octanol–water partition coefficient (Wildman–Crippen LogP) is 2.11. The van der Waals surface area contributed by atoms with Crippen LogP contribution >= 0.6 is 0 Å². The van der Waals surface area contributed by atoms with Crippen molar-refractivity contribution in [1.29, 1.82) is 0 Å². The zero-order valence-corrected chi connectivity index (χ0v) is 8.68. The molecule has 0 bridgehead atoms. The minimum atomic E-state index is 0.0796. The quantitative estimate of drug-likeness (QED) is 0.728. The molecule has 0 spiro atoms. The lowest BCUT2D eigenvalue weighted by Gasteiger charge is -2.21. The number of aliphatic hydroxyl groups is 1. The third-order valence-electron chi connectivity index (χ3n) is 3.51. The lowest BCUT2D eigenvalue weighted by atomic mass is 9.97. The van der Waals surface area contributed by atoms with E-state index in [1.54, 1.807) is 0 Å². The van der Waals surface area contributed by atoms with Gasteiger partial charge in [-0.15, -0.1) is 0 Å². The number of hydrogen-bond acceptors (Lipinski definition) is 2. The Kier molecular flexibility index (Phi) is 2.16. The summed E-state index contributed by atoms with van der Waals surface area (Å²) in [5.74, 6) is 0. The van der Waals surface area contributed by atoms with Crippen molar-refractivity contribution in [1.82, 2.24) is 0 Å². The van der Waals surface area contributed by atoms with Crippen LogP contribution in [0.4, 0.5) is 0 Å². The molecular formula is C11H20O2. The van der Waals surface area contributed by atoms with Crippen LogP contribution in [0.2, 0.25) is 0 Å². The van der Waals surface area contributed by atoms with Crippen molar-refractivity contribution >= 4 is 0 Å². The van der Waals surface area contributed by atoms with Gasteiger partial charge in [-0.3, -0.25) is 0 Å². The van der Waals surface area contributed by atoms with Crippen molar-refractivity contribution in [3.8, 4) is 0 Å². The average Bonchev–Trinajstić information content (AvgIpc) is 2.74. The molecule has 0 aromatic carbocycles. The van der Waals surface area contributed by atoms with E-state index in [1.165, 1.54) is 25.7 Å². The van der Waals surface area contributed by atoms with Gasteiger partial charge in [-0.1, -0.05) is 0 Å². The molecule has 1 atom stereocenters. The molecule has 0 aromatic rings. The maximum absolute atomic E-state index is 9.19. The van der Waals surface area contributed by atoms with Gasteiger partial charge in [-0.2, -0.15) is 0 Å². The van der Waals surface area contributed by atoms with Crippen molar-refractivity contribution in [2.45, 2.75) is 57.7 Å². The SMILES string of the molecule is CC1(C)CCC(CC2(CO)CC2)O1. The molecule has 76 valence electrons. The highest BCUT2D eigenvalue weighted by atomic mass is 16.5. The highest BCUT2D eigenvalue weighted by molar-refractivity contribution is 4.96. The summed E-state index contributed by atoms with van der Waals surface area (Å²) in [4.78, 5) is 0. The molecule has 0 aromatic heterocycles. The second-order valence-electron chi connectivity index (χ2n) is 5.40. The molecule has 1 saturated heterocycles. The average molecular weight is 184 g/mol. The molecule has 2 nitrogen and oxygen atoms in total. The molecule has 1 saturated carbocycles. The Morgan fingerprint density at radius 3 is 2.38 bits per heavy atom. The van der Waals surface area contributed by atoms with E-state index in [0.29, 0.717) is 12.7 Å². The van der Waals surface area contributed by atoms with Gasteiger partial charge < -0.3 is 9.84 Å². The summed E-state index contributed by atoms with van der Waals surface area (Å²) in [5.41, 5.74) is 0.335. The monoisotopic (exact) mass is 184 g/mol. The molecule has 1 N–H and O–H groups in total. The minimum Gasteiger partial charge on any atom is -0.396 e. The van der Waals surface area contributed by atoms with Gasteiger partial charge in [0, 0.05) is 6.61 Å². The first-order valence-electron chi connectivity index (χ1n) is 5.34. The van der Waals surface area contributed by atoms with E-state index in [-0.39, 0.29) is 11.0 Å². The Morgan fingerprint density at radius 1 is 1.31 bits per heavy atom. The van der Waals surface area contributed by atoms with Crippen molar-refractivity contribution in [3.63, 3.8) is 0 Å². The van der Waals surface area contributed by atoms with Gasteiger partial charge >= 0.3 is 0 Å². The molecule has 1 heterocycles. The van der Waals surface area contributed by atoms with Crippen LogP contribution in [0.15, 0.2) is 0 Å². The Morgan fingerprint density at radius 2 is 2.00 bits per heavy atom. The molecular weight excluding hydrogens is 164 g/mol. The normalized spacial score (nSPS) is 34.8. The molecule has 1 aliphatic carbocycles. The maximum Gasteiger partial charge on any atom is 0.0631 e. The molecule has 1 unspecified atom stereocenters. The van der Waals surface area contributed by atoms with E-state index < -0.39 is 0 Å². The van der Waals surface area contributed by atoms with Crippen LogP contribution in [0.3, 0.4) is 0 Å². The number of hydrogen-bond donors (Lipinski definition) is 1. The molecule has 0 amide bonds.